The SMILES string of the molecule is COc1ccncc1-c1cccc2c(N)c(C(=O)NCC3CCCO3)nnc12. The van der Waals surface area contributed by atoms with Crippen molar-refractivity contribution in [3.05, 3.63) is 42.4 Å². The van der Waals surface area contributed by atoms with E-state index in [0.717, 1.165) is 30.6 Å². The third kappa shape index (κ3) is 3.34. The number of carbonyl (C=O) groups is 1. The first-order valence-electron chi connectivity index (χ1n) is 9.12. The molecular formula is C20H21N5O3. The van der Waals surface area contributed by atoms with Crippen molar-refractivity contribution >= 4 is 22.5 Å². The molecule has 1 aromatic carbocycles. The summed E-state index contributed by atoms with van der Waals surface area (Å²) in [5, 5.41) is 11.9. The van der Waals surface area contributed by atoms with Crippen molar-refractivity contribution in [2.24, 2.45) is 0 Å². The van der Waals surface area contributed by atoms with Crippen molar-refractivity contribution in [2.45, 2.75) is 18.9 Å². The predicted octanol–water partition coefficient (Wildman–Crippen LogP) is 2.19. The number of benzene rings is 1. The molecule has 0 saturated carbocycles. The van der Waals surface area contributed by atoms with Crippen LogP contribution in [0.4, 0.5) is 5.69 Å². The Labute approximate surface area is 162 Å². The fourth-order valence-electron chi connectivity index (χ4n) is 3.39. The van der Waals surface area contributed by atoms with E-state index in [2.05, 4.69) is 20.5 Å². The average molecular weight is 379 g/mol. The number of hydrogen-bond acceptors (Lipinski definition) is 7. The number of hydrogen-bond donors (Lipinski definition) is 2. The number of aromatic nitrogens is 3. The number of carbonyl (C=O) groups excluding carboxylic acids is 1. The van der Waals surface area contributed by atoms with E-state index in [-0.39, 0.29) is 17.7 Å². The molecule has 1 unspecified atom stereocenters. The fraction of sp³-hybridized carbons (Fsp3) is 0.300. The van der Waals surface area contributed by atoms with Crippen LogP contribution in [0.25, 0.3) is 22.0 Å². The van der Waals surface area contributed by atoms with E-state index in [9.17, 15) is 4.79 Å². The number of nitrogens with zero attached hydrogens (tertiary/aromatic N) is 3. The van der Waals surface area contributed by atoms with E-state index < -0.39 is 0 Å². The minimum atomic E-state index is -0.355. The van der Waals surface area contributed by atoms with Crippen LogP contribution in [0.15, 0.2) is 36.7 Å². The second-order valence-electron chi connectivity index (χ2n) is 6.59. The zero-order valence-corrected chi connectivity index (χ0v) is 15.5. The Morgan fingerprint density at radius 2 is 2.21 bits per heavy atom. The second kappa shape index (κ2) is 7.77. The predicted molar refractivity (Wildman–Crippen MR) is 105 cm³/mol. The standard InChI is InChI=1S/C20H21N5O3/c1-27-16-7-8-22-11-15(16)13-5-2-6-14-17(21)19(25-24-18(13)14)20(26)23-10-12-4-3-9-28-12/h2,5-8,11-12H,3-4,9-10H2,1H3,(H2,21,24)(H,23,26). The van der Waals surface area contributed by atoms with Crippen LogP contribution in [-0.4, -0.2) is 47.5 Å². The Morgan fingerprint density at radius 3 is 3.00 bits per heavy atom. The maximum Gasteiger partial charge on any atom is 0.274 e. The van der Waals surface area contributed by atoms with Gasteiger partial charge in [0.05, 0.1) is 18.9 Å². The van der Waals surface area contributed by atoms with Crippen LogP contribution >= 0.6 is 0 Å². The maximum absolute atomic E-state index is 12.5. The molecule has 1 fully saturated rings. The minimum absolute atomic E-state index is 0.0447. The normalized spacial score (nSPS) is 16.2. The topological polar surface area (TPSA) is 112 Å². The monoisotopic (exact) mass is 379 g/mol. The number of rotatable bonds is 5. The van der Waals surface area contributed by atoms with Gasteiger partial charge in [-0.15, -0.1) is 10.2 Å². The Balaban J connectivity index is 1.69. The first kappa shape index (κ1) is 18.1. The van der Waals surface area contributed by atoms with E-state index >= 15 is 0 Å². The first-order valence-corrected chi connectivity index (χ1v) is 9.12. The number of nitrogen functional groups attached to an aromatic ring is 1. The molecule has 0 aliphatic carbocycles. The average Bonchev–Trinajstić information content (AvgIpc) is 3.26. The number of ether oxygens (including phenoxy) is 2. The summed E-state index contributed by atoms with van der Waals surface area (Å²) < 4.78 is 11.0. The number of anilines is 1. The van der Waals surface area contributed by atoms with Gasteiger partial charge in [-0.05, 0) is 18.9 Å². The minimum Gasteiger partial charge on any atom is -0.496 e. The van der Waals surface area contributed by atoms with Crippen LogP contribution in [0.5, 0.6) is 5.75 Å². The molecule has 2 aromatic heterocycles. The lowest BCUT2D eigenvalue weighted by atomic mass is 10.0. The highest BCUT2D eigenvalue weighted by Gasteiger charge is 2.21. The molecule has 8 nitrogen and oxygen atoms in total. The Bertz CT molecular complexity index is 1020. The van der Waals surface area contributed by atoms with Crippen LogP contribution in [-0.2, 0) is 4.74 Å². The molecule has 1 aliphatic heterocycles. The van der Waals surface area contributed by atoms with Gasteiger partial charge >= 0.3 is 0 Å². The molecule has 3 aromatic rings. The quantitative estimate of drug-likeness (QED) is 0.699. The van der Waals surface area contributed by atoms with Gasteiger partial charge in [-0.1, -0.05) is 18.2 Å². The molecule has 1 aliphatic rings. The van der Waals surface area contributed by atoms with Crippen LogP contribution < -0.4 is 15.8 Å². The summed E-state index contributed by atoms with van der Waals surface area (Å²) in [7, 11) is 1.60. The molecule has 0 radical (unpaired) electrons. The van der Waals surface area contributed by atoms with Gasteiger partial charge in [0.1, 0.15) is 11.3 Å². The molecule has 0 bridgehead atoms. The third-order valence-corrected chi connectivity index (χ3v) is 4.85. The zero-order valence-electron chi connectivity index (χ0n) is 15.5. The summed E-state index contributed by atoms with van der Waals surface area (Å²) in [6.07, 6.45) is 5.36. The smallest absolute Gasteiger partial charge is 0.274 e. The van der Waals surface area contributed by atoms with Crippen molar-refractivity contribution in [1.82, 2.24) is 20.5 Å². The van der Waals surface area contributed by atoms with Gasteiger partial charge in [0.2, 0.25) is 0 Å². The molecule has 1 atom stereocenters. The van der Waals surface area contributed by atoms with E-state index in [4.69, 9.17) is 15.2 Å². The molecule has 28 heavy (non-hydrogen) atoms. The highest BCUT2D eigenvalue weighted by Crippen LogP contribution is 2.35. The number of pyridine rings is 1. The lowest BCUT2D eigenvalue weighted by molar-refractivity contribution is 0.0854. The lowest BCUT2D eigenvalue weighted by Gasteiger charge is -2.13. The summed E-state index contributed by atoms with van der Waals surface area (Å²) in [5.41, 5.74) is 8.83. The van der Waals surface area contributed by atoms with Crippen molar-refractivity contribution in [1.29, 1.82) is 0 Å². The van der Waals surface area contributed by atoms with Crippen LogP contribution in [0.2, 0.25) is 0 Å². The van der Waals surface area contributed by atoms with E-state index in [1.807, 2.05) is 18.2 Å². The van der Waals surface area contributed by atoms with Gasteiger partial charge in [-0.25, -0.2) is 0 Å². The van der Waals surface area contributed by atoms with Crippen LogP contribution in [0.3, 0.4) is 0 Å². The largest absolute Gasteiger partial charge is 0.496 e. The van der Waals surface area contributed by atoms with Crippen molar-refractivity contribution in [3.63, 3.8) is 0 Å². The van der Waals surface area contributed by atoms with Gasteiger partial charge in [0, 0.05) is 42.1 Å². The lowest BCUT2D eigenvalue weighted by Crippen LogP contribution is -2.33. The van der Waals surface area contributed by atoms with Gasteiger partial charge in [-0.3, -0.25) is 9.78 Å². The summed E-state index contributed by atoms with van der Waals surface area (Å²) in [4.78, 5) is 16.7. The van der Waals surface area contributed by atoms with Crippen molar-refractivity contribution in [3.8, 4) is 16.9 Å². The Hall–Kier alpha value is -3.26. The Morgan fingerprint density at radius 1 is 1.32 bits per heavy atom. The van der Waals surface area contributed by atoms with Gasteiger partial charge in [0.25, 0.3) is 5.91 Å². The molecule has 0 spiro atoms. The third-order valence-electron chi connectivity index (χ3n) is 4.85. The molecule has 144 valence electrons. The summed E-state index contributed by atoms with van der Waals surface area (Å²) in [5.74, 6) is 0.313. The van der Waals surface area contributed by atoms with E-state index in [1.165, 1.54) is 0 Å². The maximum atomic E-state index is 12.5. The number of nitrogens with two attached hydrogens (primary N) is 1. The summed E-state index contributed by atoms with van der Waals surface area (Å²) in [6.45, 7) is 1.17. The molecule has 1 saturated heterocycles. The second-order valence-corrected chi connectivity index (χ2v) is 6.59. The highest BCUT2D eigenvalue weighted by atomic mass is 16.5. The number of methoxy groups -OCH3 is 1. The fourth-order valence-corrected chi connectivity index (χ4v) is 3.39. The van der Waals surface area contributed by atoms with E-state index in [0.29, 0.717) is 28.9 Å². The molecular weight excluding hydrogens is 358 g/mol. The van der Waals surface area contributed by atoms with Gasteiger partial charge in [0.15, 0.2) is 5.69 Å². The highest BCUT2D eigenvalue weighted by molar-refractivity contribution is 6.07. The number of fused-ring (bicyclic) bond motifs is 1. The summed E-state index contributed by atoms with van der Waals surface area (Å²) in [6, 6.07) is 7.35. The number of nitrogens with one attached hydrogen (secondary N) is 1. The first-order chi connectivity index (χ1) is 13.7. The van der Waals surface area contributed by atoms with Gasteiger partial charge in [-0.2, -0.15) is 0 Å². The molecule has 4 rings (SSSR count). The number of amides is 1. The van der Waals surface area contributed by atoms with Crippen molar-refractivity contribution in [2.75, 3.05) is 26.0 Å². The van der Waals surface area contributed by atoms with Crippen molar-refractivity contribution < 1.29 is 14.3 Å². The van der Waals surface area contributed by atoms with Crippen LogP contribution in [0, 0.1) is 0 Å². The van der Waals surface area contributed by atoms with Crippen LogP contribution in [0.1, 0.15) is 23.3 Å². The zero-order chi connectivity index (χ0) is 19.5. The molecule has 8 heteroatoms. The van der Waals surface area contributed by atoms with E-state index in [1.54, 1.807) is 25.6 Å². The molecule has 3 heterocycles. The molecule has 1 amide bonds. The Kier molecular flexibility index (Phi) is 5.03. The van der Waals surface area contributed by atoms with Gasteiger partial charge < -0.3 is 20.5 Å². The summed E-state index contributed by atoms with van der Waals surface area (Å²) >= 11 is 0. The molecule has 3 N–H and O–H groups in total.